The highest BCUT2D eigenvalue weighted by atomic mass is 32.2. The van der Waals surface area contributed by atoms with Crippen LogP contribution in [-0.2, 0) is 30.3 Å². The number of benzene rings is 2. The molecule has 47 heavy (non-hydrogen) atoms. The van der Waals surface area contributed by atoms with E-state index in [1.165, 1.54) is 0 Å². The van der Waals surface area contributed by atoms with Crippen molar-refractivity contribution < 1.29 is 28.7 Å². The third kappa shape index (κ3) is 14.4. The maximum absolute atomic E-state index is 14.5. The second-order valence-corrected chi connectivity index (χ2v) is 14.8. The molecule has 0 saturated carbocycles. The normalized spacial score (nSPS) is 13.6. The van der Waals surface area contributed by atoms with Crippen LogP contribution in [0.4, 0.5) is 4.79 Å². The molecule has 0 aliphatic rings. The van der Waals surface area contributed by atoms with Crippen LogP contribution in [0, 0.1) is 6.92 Å². The van der Waals surface area contributed by atoms with Crippen molar-refractivity contribution in [3.8, 4) is 0 Å². The minimum absolute atomic E-state index is 0.211. The van der Waals surface area contributed by atoms with Crippen LogP contribution in [0.5, 0.6) is 0 Å². The first-order chi connectivity index (χ1) is 22.0. The molecule has 0 saturated heterocycles. The smallest absolute Gasteiger partial charge is 0.408 e. The SMILES string of the molecule is CCCCCN(C(=O)C(CCSC)NC(=O)OC(C)(C)C)C(C(=O)NC(Cc1ccccc1)C(=O)OC(C)(C)C)c1cccc(C)c1. The van der Waals surface area contributed by atoms with Gasteiger partial charge in [-0.05, 0) is 84.4 Å². The van der Waals surface area contributed by atoms with Gasteiger partial charge < -0.3 is 25.0 Å². The molecule has 3 unspecified atom stereocenters. The van der Waals surface area contributed by atoms with E-state index in [4.69, 9.17) is 9.47 Å². The summed E-state index contributed by atoms with van der Waals surface area (Å²) in [5.74, 6) is -0.854. The Bertz CT molecular complexity index is 1310. The number of nitrogens with zero attached hydrogens (tertiary/aromatic N) is 1. The Hall–Kier alpha value is -3.53. The Labute approximate surface area is 285 Å². The fraction of sp³-hybridized carbons (Fsp3) is 0.568. The van der Waals surface area contributed by atoms with Crippen molar-refractivity contribution >= 4 is 35.6 Å². The molecule has 0 radical (unpaired) electrons. The molecule has 260 valence electrons. The fourth-order valence-corrected chi connectivity index (χ4v) is 5.49. The van der Waals surface area contributed by atoms with Gasteiger partial charge in [-0.2, -0.15) is 11.8 Å². The van der Waals surface area contributed by atoms with Gasteiger partial charge in [0.25, 0.3) is 0 Å². The first-order valence-electron chi connectivity index (χ1n) is 16.5. The van der Waals surface area contributed by atoms with Crippen molar-refractivity contribution in [3.05, 3.63) is 71.3 Å². The maximum Gasteiger partial charge on any atom is 0.408 e. The Kier molecular flexibility index (Phi) is 15.8. The molecule has 0 spiro atoms. The first kappa shape index (κ1) is 39.6. The van der Waals surface area contributed by atoms with Crippen molar-refractivity contribution in [2.75, 3.05) is 18.6 Å². The molecule has 2 aromatic rings. The molecule has 3 amide bonds. The van der Waals surface area contributed by atoms with E-state index in [1.807, 2.05) is 67.8 Å². The van der Waals surface area contributed by atoms with Gasteiger partial charge in [0.1, 0.15) is 29.3 Å². The summed E-state index contributed by atoms with van der Waals surface area (Å²) in [4.78, 5) is 57.0. The summed E-state index contributed by atoms with van der Waals surface area (Å²) < 4.78 is 11.2. The van der Waals surface area contributed by atoms with Gasteiger partial charge in [0, 0.05) is 13.0 Å². The molecule has 0 aliphatic carbocycles. The van der Waals surface area contributed by atoms with E-state index in [-0.39, 0.29) is 18.9 Å². The number of hydrogen-bond acceptors (Lipinski definition) is 7. The number of ether oxygens (including phenoxy) is 2. The zero-order chi connectivity index (χ0) is 35.2. The van der Waals surface area contributed by atoms with Crippen LogP contribution in [0.15, 0.2) is 54.6 Å². The summed E-state index contributed by atoms with van der Waals surface area (Å²) >= 11 is 1.56. The minimum Gasteiger partial charge on any atom is -0.458 e. The Balaban J connectivity index is 2.61. The lowest BCUT2D eigenvalue weighted by Crippen LogP contribution is -2.55. The predicted molar refractivity (Wildman–Crippen MR) is 189 cm³/mol. The van der Waals surface area contributed by atoms with E-state index in [1.54, 1.807) is 58.2 Å². The number of hydrogen-bond donors (Lipinski definition) is 2. The molecule has 0 aromatic heterocycles. The van der Waals surface area contributed by atoms with E-state index in [9.17, 15) is 19.2 Å². The second kappa shape index (κ2) is 18.7. The second-order valence-electron chi connectivity index (χ2n) is 13.8. The summed E-state index contributed by atoms with van der Waals surface area (Å²) in [7, 11) is 0. The predicted octanol–water partition coefficient (Wildman–Crippen LogP) is 6.77. The molecule has 0 heterocycles. The molecule has 3 atom stereocenters. The number of carbonyl (C=O) groups is 4. The number of nitrogens with one attached hydrogen (secondary N) is 2. The third-order valence-corrected chi connectivity index (χ3v) is 7.74. The largest absolute Gasteiger partial charge is 0.458 e. The van der Waals surface area contributed by atoms with Gasteiger partial charge in [-0.1, -0.05) is 79.9 Å². The summed E-state index contributed by atoms with van der Waals surface area (Å²) in [5.41, 5.74) is 0.852. The summed E-state index contributed by atoms with van der Waals surface area (Å²) in [5, 5.41) is 5.74. The molecule has 0 aliphatic heterocycles. The molecular formula is C37H55N3O6S. The first-order valence-corrected chi connectivity index (χ1v) is 17.9. The highest BCUT2D eigenvalue weighted by molar-refractivity contribution is 7.98. The van der Waals surface area contributed by atoms with Crippen LogP contribution in [0.25, 0.3) is 0 Å². The minimum atomic E-state index is -1.07. The fourth-order valence-electron chi connectivity index (χ4n) is 5.02. The maximum atomic E-state index is 14.5. The number of unbranched alkanes of at least 4 members (excludes halogenated alkanes) is 2. The Morgan fingerprint density at radius 1 is 0.851 bits per heavy atom. The zero-order valence-corrected chi connectivity index (χ0v) is 30.5. The summed E-state index contributed by atoms with van der Waals surface area (Å²) in [6.07, 6.45) is 4.19. The van der Waals surface area contributed by atoms with Crippen molar-refractivity contribution in [1.82, 2.24) is 15.5 Å². The molecule has 9 nitrogen and oxygen atoms in total. The van der Waals surface area contributed by atoms with Gasteiger partial charge in [-0.15, -0.1) is 0 Å². The number of aryl methyl sites for hydroxylation is 1. The van der Waals surface area contributed by atoms with Crippen LogP contribution in [0.3, 0.4) is 0 Å². The number of rotatable bonds is 16. The van der Waals surface area contributed by atoms with E-state index in [2.05, 4.69) is 17.6 Å². The zero-order valence-electron chi connectivity index (χ0n) is 29.7. The van der Waals surface area contributed by atoms with Gasteiger partial charge in [0.15, 0.2) is 0 Å². The molecule has 0 bridgehead atoms. The van der Waals surface area contributed by atoms with Gasteiger partial charge in [0.05, 0.1) is 0 Å². The molecule has 2 rings (SSSR count). The van der Waals surface area contributed by atoms with Gasteiger partial charge in [-0.3, -0.25) is 9.59 Å². The van der Waals surface area contributed by atoms with Crippen LogP contribution in [0.2, 0.25) is 0 Å². The summed E-state index contributed by atoms with van der Waals surface area (Å²) in [6, 6.07) is 13.9. The summed E-state index contributed by atoms with van der Waals surface area (Å²) in [6.45, 7) is 14.9. The van der Waals surface area contributed by atoms with Crippen molar-refractivity contribution in [1.29, 1.82) is 0 Å². The lowest BCUT2D eigenvalue weighted by Gasteiger charge is -2.35. The van der Waals surface area contributed by atoms with Crippen molar-refractivity contribution in [3.63, 3.8) is 0 Å². The van der Waals surface area contributed by atoms with Crippen LogP contribution >= 0.6 is 11.8 Å². The van der Waals surface area contributed by atoms with Crippen LogP contribution in [-0.4, -0.2) is 70.6 Å². The molecule has 0 fully saturated rings. The highest BCUT2D eigenvalue weighted by Crippen LogP contribution is 2.26. The molecule has 2 aromatic carbocycles. The van der Waals surface area contributed by atoms with E-state index < -0.39 is 47.3 Å². The molecule has 10 heteroatoms. The standard InChI is InChI=1S/C37H55N3O6S/c1-10-11-15-22-40(33(42)29(21-23-47-9)39-35(44)46-37(6,7)8)31(28-20-16-17-26(2)24-28)32(41)38-30(34(43)45-36(3,4)5)25-27-18-13-12-14-19-27/h12-14,16-20,24,29-31H,10-11,15,21-23,25H2,1-9H3,(H,38,41)(H,39,44). The number of amides is 3. The lowest BCUT2D eigenvalue weighted by molar-refractivity contribution is -0.159. The van der Waals surface area contributed by atoms with Gasteiger partial charge in [0.2, 0.25) is 11.8 Å². The lowest BCUT2D eigenvalue weighted by atomic mass is 9.98. The van der Waals surface area contributed by atoms with Crippen LogP contribution in [0.1, 0.15) is 96.9 Å². The monoisotopic (exact) mass is 669 g/mol. The van der Waals surface area contributed by atoms with Gasteiger partial charge >= 0.3 is 12.1 Å². The van der Waals surface area contributed by atoms with E-state index >= 15 is 0 Å². The van der Waals surface area contributed by atoms with E-state index in [0.717, 1.165) is 24.0 Å². The third-order valence-electron chi connectivity index (χ3n) is 7.09. The van der Waals surface area contributed by atoms with E-state index in [0.29, 0.717) is 24.2 Å². The number of alkyl carbamates (subject to hydrolysis) is 1. The Morgan fingerprint density at radius 3 is 2.09 bits per heavy atom. The average Bonchev–Trinajstić information content (AvgIpc) is 2.97. The highest BCUT2D eigenvalue weighted by Gasteiger charge is 2.38. The molecule has 2 N–H and O–H groups in total. The number of esters is 1. The van der Waals surface area contributed by atoms with Crippen molar-refractivity contribution in [2.24, 2.45) is 0 Å². The number of thioether (sulfide) groups is 1. The van der Waals surface area contributed by atoms with Crippen LogP contribution < -0.4 is 10.6 Å². The average molecular weight is 670 g/mol. The van der Waals surface area contributed by atoms with Crippen molar-refractivity contribution in [2.45, 2.75) is 117 Å². The van der Waals surface area contributed by atoms with Gasteiger partial charge in [-0.25, -0.2) is 9.59 Å². The topological polar surface area (TPSA) is 114 Å². The Morgan fingerprint density at radius 2 is 1.51 bits per heavy atom. The number of carbonyl (C=O) groups excluding carboxylic acids is 4. The quantitative estimate of drug-likeness (QED) is 0.150. The molecular weight excluding hydrogens is 614 g/mol.